The first kappa shape index (κ1) is 21.2. The summed E-state index contributed by atoms with van der Waals surface area (Å²) >= 11 is 3.38. The molecule has 0 radical (unpaired) electrons. The van der Waals surface area contributed by atoms with Gasteiger partial charge in [-0.05, 0) is 24.6 Å². The standard InChI is InChI=1S/C19H18BrN5O5/c1-3-30-17-9-15(25(27)28)14(8-16(17)29-2)18(26)22-19-21-11-24(23-19)10-12-4-6-13(20)7-5-12/h4-9,11H,3,10H2,1-2H3,(H,22,23,26). The number of carbonyl (C=O) groups excluding carboxylic acids is 1. The maximum atomic E-state index is 12.7. The third kappa shape index (κ3) is 4.92. The Kier molecular flexibility index (Phi) is 6.62. The van der Waals surface area contributed by atoms with Crippen LogP contribution in [0.5, 0.6) is 11.5 Å². The summed E-state index contributed by atoms with van der Waals surface area (Å²) in [5.41, 5.74) is 0.392. The zero-order chi connectivity index (χ0) is 21.7. The summed E-state index contributed by atoms with van der Waals surface area (Å²) < 4.78 is 13.0. The lowest BCUT2D eigenvalue weighted by Gasteiger charge is -2.11. The van der Waals surface area contributed by atoms with Crippen LogP contribution in [0.2, 0.25) is 0 Å². The van der Waals surface area contributed by atoms with Gasteiger partial charge in [0.2, 0.25) is 5.95 Å². The van der Waals surface area contributed by atoms with Crippen molar-refractivity contribution in [3.05, 3.63) is 68.4 Å². The molecule has 3 aromatic rings. The molecule has 1 N–H and O–H groups in total. The van der Waals surface area contributed by atoms with Crippen molar-refractivity contribution in [1.29, 1.82) is 0 Å². The minimum absolute atomic E-state index is 0.0271. The van der Waals surface area contributed by atoms with Gasteiger partial charge in [0.05, 0.1) is 31.3 Å². The molecule has 2 aromatic carbocycles. The lowest BCUT2D eigenvalue weighted by Crippen LogP contribution is -2.16. The van der Waals surface area contributed by atoms with E-state index in [2.05, 4.69) is 31.3 Å². The number of nitro benzene ring substituents is 1. The molecule has 3 rings (SSSR count). The molecule has 30 heavy (non-hydrogen) atoms. The fourth-order valence-corrected chi connectivity index (χ4v) is 2.95. The Hall–Kier alpha value is -3.47. The summed E-state index contributed by atoms with van der Waals surface area (Å²) in [5, 5.41) is 18.1. The SMILES string of the molecule is CCOc1cc([N+](=O)[O-])c(C(=O)Nc2ncn(Cc3ccc(Br)cc3)n2)cc1OC. The summed E-state index contributed by atoms with van der Waals surface area (Å²) in [7, 11) is 1.39. The van der Waals surface area contributed by atoms with Crippen LogP contribution in [-0.2, 0) is 6.54 Å². The second-order valence-electron chi connectivity index (χ2n) is 6.06. The van der Waals surface area contributed by atoms with Gasteiger partial charge in [0, 0.05) is 10.5 Å². The molecule has 156 valence electrons. The number of aromatic nitrogens is 3. The van der Waals surface area contributed by atoms with Crippen molar-refractivity contribution in [3.8, 4) is 11.5 Å². The molecule has 11 heteroatoms. The second-order valence-corrected chi connectivity index (χ2v) is 6.97. The number of ether oxygens (including phenoxy) is 2. The number of nitro groups is 1. The number of hydrogen-bond donors (Lipinski definition) is 1. The first-order chi connectivity index (χ1) is 14.4. The van der Waals surface area contributed by atoms with Crippen LogP contribution in [0.1, 0.15) is 22.8 Å². The molecular weight excluding hydrogens is 458 g/mol. The second kappa shape index (κ2) is 9.35. The zero-order valence-electron chi connectivity index (χ0n) is 16.2. The van der Waals surface area contributed by atoms with Crippen LogP contribution >= 0.6 is 15.9 Å². The highest BCUT2D eigenvalue weighted by atomic mass is 79.9. The lowest BCUT2D eigenvalue weighted by atomic mass is 10.1. The van der Waals surface area contributed by atoms with Gasteiger partial charge >= 0.3 is 0 Å². The average molecular weight is 476 g/mol. The number of carbonyl (C=O) groups is 1. The lowest BCUT2D eigenvalue weighted by molar-refractivity contribution is -0.385. The summed E-state index contributed by atoms with van der Waals surface area (Å²) in [4.78, 5) is 27.5. The highest BCUT2D eigenvalue weighted by Crippen LogP contribution is 2.35. The van der Waals surface area contributed by atoms with Crippen LogP contribution in [0.3, 0.4) is 0 Å². The van der Waals surface area contributed by atoms with Crippen molar-refractivity contribution in [2.24, 2.45) is 0 Å². The number of benzene rings is 2. The van der Waals surface area contributed by atoms with E-state index in [4.69, 9.17) is 9.47 Å². The highest BCUT2D eigenvalue weighted by Gasteiger charge is 2.25. The smallest absolute Gasteiger partial charge is 0.286 e. The van der Waals surface area contributed by atoms with Gasteiger partial charge in [0.1, 0.15) is 11.9 Å². The topological polar surface area (TPSA) is 121 Å². The molecule has 0 spiro atoms. The number of methoxy groups -OCH3 is 1. The molecule has 0 bridgehead atoms. The Morgan fingerprint density at radius 2 is 2.00 bits per heavy atom. The third-order valence-electron chi connectivity index (χ3n) is 4.04. The maximum absolute atomic E-state index is 12.7. The molecule has 0 atom stereocenters. The molecule has 0 aliphatic rings. The fraction of sp³-hybridized carbons (Fsp3) is 0.211. The number of nitrogens with one attached hydrogen (secondary N) is 1. The number of rotatable bonds is 8. The van der Waals surface area contributed by atoms with Gasteiger partial charge in [0.25, 0.3) is 11.6 Å². The van der Waals surface area contributed by atoms with Gasteiger partial charge in [0.15, 0.2) is 11.5 Å². The van der Waals surface area contributed by atoms with Crippen molar-refractivity contribution < 1.29 is 19.2 Å². The monoisotopic (exact) mass is 475 g/mol. The molecule has 10 nitrogen and oxygen atoms in total. The Balaban J connectivity index is 1.81. The van der Waals surface area contributed by atoms with Gasteiger partial charge in [-0.15, -0.1) is 5.10 Å². The Morgan fingerprint density at radius 3 is 2.63 bits per heavy atom. The first-order valence-electron chi connectivity index (χ1n) is 8.85. The predicted octanol–water partition coefficient (Wildman–Crippen LogP) is 3.66. The van der Waals surface area contributed by atoms with Crippen LogP contribution in [0.25, 0.3) is 0 Å². The Morgan fingerprint density at radius 1 is 1.27 bits per heavy atom. The van der Waals surface area contributed by atoms with Gasteiger partial charge in [-0.3, -0.25) is 20.2 Å². The van der Waals surface area contributed by atoms with Crippen molar-refractivity contribution in [1.82, 2.24) is 14.8 Å². The molecule has 0 fully saturated rings. The van der Waals surface area contributed by atoms with E-state index >= 15 is 0 Å². The summed E-state index contributed by atoms with van der Waals surface area (Å²) in [6, 6.07) is 10.1. The van der Waals surface area contributed by atoms with E-state index in [0.29, 0.717) is 13.2 Å². The highest BCUT2D eigenvalue weighted by molar-refractivity contribution is 9.10. The number of hydrogen-bond acceptors (Lipinski definition) is 7. The third-order valence-corrected chi connectivity index (χ3v) is 4.57. The Bertz CT molecular complexity index is 1070. The molecule has 0 saturated carbocycles. The molecule has 1 amide bonds. The van der Waals surface area contributed by atoms with Crippen LogP contribution in [0, 0.1) is 10.1 Å². The van der Waals surface area contributed by atoms with Gasteiger partial charge in [-0.1, -0.05) is 28.1 Å². The molecule has 0 aliphatic carbocycles. The first-order valence-corrected chi connectivity index (χ1v) is 9.65. The predicted molar refractivity (Wildman–Crippen MR) is 112 cm³/mol. The van der Waals surface area contributed by atoms with E-state index in [-0.39, 0.29) is 23.0 Å². The van der Waals surface area contributed by atoms with E-state index in [1.807, 2.05) is 24.3 Å². The number of amides is 1. The summed E-state index contributed by atoms with van der Waals surface area (Å²) in [5.74, 6) is -0.315. The van der Waals surface area contributed by atoms with Crippen molar-refractivity contribution in [2.75, 3.05) is 19.0 Å². The van der Waals surface area contributed by atoms with Gasteiger partial charge < -0.3 is 9.47 Å². The number of halogens is 1. The van der Waals surface area contributed by atoms with Crippen LogP contribution in [-0.4, -0.2) is 39.3 Å². The molecule has 0 aliphatic heterocycles. The summed E-state index contributed by atoms with van der Waals surface area (Å²) in [6.07, 6.45) is 1.46. The fourth-order valence-electron chi connectivity index (χ4n) is 2.68. The van der Waals surface area contributed by atoms with E-state index in [1.54, 1.807) is 11.6 Å². The zero-order valence-corrected chi connectivity index (χ0v) is 17.7. The number of anilines is 1. The van der Waals surface area contributed by atoms with Crippen molar-refractivity contribution in [3.63, 3.8) is 0 Å². The van der Waals surface area contributed by atoms with E-state index in [1.165, 1.54) is 19.5 Å². The Labute approximate surface area is 180 Å². The molecule has 1 heterocycles. The van der Waals surface area contributed by atoms with E-state index in [0.717, 1.165) is 16.1 Å². The van der Waals surface area contributed by atoms with Crippen LogP contribution in [0.4, 0.5) is 11.6 Å². The van der Waals surface area contributed by atoms with Crippen molar-refractivity contribution >= 4 is 33.5 Å². The normalized spacial score (nSPS) is 10.5. The van der Waals surface area contributed by atoms with E-state index < -0.39 is 16.5 Å². The van der Waals surface area contributed by atoms with Crippen molar-refractivity contribution in [2.45, 2.75) is 13.5 Å². The minimum atomic E-state index is -0.732. The molecular formula is C19H18BrN5O5. The average Bonchev–Trinajstić information content (AvgIpc) is 3.16. The molecule has 0 saturated heterocycles. The van der Waals surface area contributed by atoms with Gasteiger partial charge in [-0.25, -0.2) is 9.67 Å². The summed E-state index contributed by atoms with van der Waals surface area (Å²) in [6.45, 7) is 2.48. The molecule has 0 unspecified atom stereocenters. The van der Waals surface area contributed by atoms with Crippen LogP contribution in [0.15, 0.2) is 47.2 Å². The number of nitrogens with zero attached hydrogens (tertiary/aromatic N) is 4. The largest absolute Gasteiger partial charge is 0.493 e. The van der Waals surface area contributed by atoms with Crippen LogP contribution < -0.4 is 14.8 Å². The maximum Gasteiger partial charge on any atom is 0.286 e. The van der Waals surface area contributed by atoms with E-state index in [9.17, 15) is 14.9 Å². The molecule has 1 aromatic heterocycles. The van der Waals surface area contributed by atoms with Gasteiger partial charge in [-0.2, -0.15) is 0 Å². The quantitative estimate of drug-likeness (QED) is 0.389. The minimum Gasteiger partial charge on any atom is -0.493 e.